The van der Waals surface area contributed by atoms with Gasteiger partial charge in [-0.15, -0.1) is 0 Å². The average Bonchev–Trinajstić information content (AvgIpc) is 2.44. The summed E-state index contributed by atoms with van der Waals surface area (Å²) in [5, 5.41) is 3.11. The molecule has 1 N–H and O–H groups in total. The standard InChI is InChI=1S/C13H24N6O/c1-6-14-11-15-12(17-13(16-11)20-5)19-7-9(2)18(4)10(3)8-19/h9-10H,6-8H2,1-5H3,(H,14,15,16,17). The Balaban J connectivity index is 2.25. The number of likely N-dealkylation sites (N-methyl/N-ethyl adjacent to an activating group) is 1. The fourth-order valence-electron chi connectivity index (χ4n) is 2.38. The molecular formula is C13H24N6O. The first kappa shape index (κ1) is 14.8. The monoisotopic (exact) mass is 280 g/mol. The van der Waals surface area contributed by atoms with Gasteiger partial charge in [0.2, 0.25) is 11.9 Å². The topological polar surface area (TPSA) is 66.4 Å². The molecule has 1 fully saturated rings. The van der Waals surface area contributed by atoms with Crippen LogP contribution in [-0.2, 0) is 0 Å². The Morgan fingerprint density at radius 3 is 2.40 bits per heavy atom. The minimum absolute atomic E-state index is 0.352. The zero-order valence-corrected chi connectivity index (χ0v) is 12.9. The van der Waals surface area contributed by atoms with Crippen LogP contribution in [0.5, 0.6) is 6.01 Å². The summed E-state index contributed by atoms with van der Waals surface area (Å²) >= 11 is 0. The summed E-state index contributed by atoms with van der Waals surface area (Å²) in [6.45, 7) is 9.01. The van der Waals surface area contributed by atoms with Crippen LogP contribution in [-0.4, -0.2) is 65.7 Å². The van der Waals surface area contributed by atoms with E-state index in [9.17, 15) is 0 Å². The molecule has 1 saturated heterocycles. The lowest BCUT2D eigenvalue weighted by Gasteiger charge is -2.42. The second kappa shape index (κ2) is 6.21. The Labute approximate surface area is 120 Å². The average molecular weight is 280 g/mol. The third-order valence-electron chi connectivity index (χ3n) is 3.76. The molecule has 112 valence electrons. The van der Waals surface area contributed by atoms with Crippen molar-refractivity contribution in [1.29, 1.82) is 0 Å². The SMILES string of the molecule is CCNc1nc(OC)nc(N2CC(C)N(C)C(C)C2)n1. The Bertz CT molecular complexity index is 442. The number of nitrogens with one attached hydrogen (secondary N) is 1. The molecule has 20 heavy (non-hydrogen) atoms. The van der Waals surface area contributed by atoms with Gasteiger partial charge >= 0.3 is 6.01 Å². The first-order chi connectivity index (χ1) is 9.55. The molecule has 0 aliphatic carbocycles. The number of nitrogens with zero attached hydrogens (tertiary/aromatic N) is 5. The second-order valence-corrected chi connectivity index (χ2v) is 5.24. The molecule has 1 aliphatic rings. The molecule has 1 aromatic rings. The first-order valence-electron chi connectivity index (χ1n) is 7.06. The van der Waals surface area contributed by atoms with Crippen molar-refractivity contribution in [3.8, 4) is 6.01 Å². The molecule has 7 heteroatoms. The van der Waals surface area contributed by atoms with E-state index in [0.717, 1.165) is 19.6 Å². The van der Waals surface area contributed by atoms with Crippen molar-refractivity contribution in [2.24, 2.45) is 0 Å². The van der Waals surface area contributed by atoms with E-state index in [1.807, 2.05) is 6.92 Å². The van der Waals surface area contributed by atoms with Gasteiger partial charge in [-0.3, -0.25) is 4.90 Å². The number of piperazine rings is 1. The van der Waals surface area contributed by atoms with Crippen LogP contribution in [0, 0.1) is 0 Å². The van der Waals surface area contributed by atoms with Crippen LogP contribution in [0.4, 0.5) is 11.9 Å². The van der Waals surface area contributed by atoms with Crippen molar-refractivity contribution in [1.82, 2.24) is 19.9 Å². The summed E-state index contributed by atoms with van der Waals surface area (Å²) in [4.78, 5) is 17.6. The van der Waals surface area contributed by atoms with Gasteiger partial charge in [-0.05, 0) is 27.8 Å². The Morgan fingerprint density at radius 1 is 1.20 bits per heavy atom. The maximum Gasteiger partial charge on any atom is 0.322 e. The normalized spacial score (nSPS) is 23.8. The highest BCUT2D eigenvalue weighted by atomic mass is 16.5. The third-order valence-corrected chi connectivity index (χ3v) is 3.76. The summed E-state index contributed by atoms with van der Waals surface area (Å²) in [5.74, 6) is 1.24. The number of ether oxygens (including phenoxy) is 1. The van der Waals surface area contributed by atoms with E-state index in [1.54, 1.807) is 7.11 Å². The maximum atomic E-state index is 5.17. The number of hydrogen-bond acceptors (Lipinski definition) is 7. The fourth-order valence-corrected chi connectivity index (χ4v) is 2.38. The summed E-state index contributed by atoms with van der Waals surface area (Å²) in [6.07, 6.45) is 0. The predicted molar refractivity (Wildman–Crippen MR) is 79.4 cm³/mol. The third kappa shape index (κ3) is 3.09. The Kier molecular flexibility index (Phi) is 4.59. The van der Waals surface area contributed by atoms with Crippen molar-refractivity contribution in [2.75, 3.05) is 44.0 Å². The van der Waals surface area contributed by atoms with Gasteiger partial charge in [0.05, 0.1) is 7.11 Å². The Morgan fingerprint density at radius 2 is 1.85 bits per heavy atom. The van der Waals surface area contributed by atoms with Crippen LogP contribution in [0.3, 0.4) is 0 Å². The zero-order valence-electron chi connectivity index (χ0n) is 12.9. The molecule has 0 saturated carbocycles. The lowest BCUT2D eigenvalue weighted by molar-refractivity contribution is 0.169. The van der Waals surface area contributed by atoms with Crippen molar-refractivity contribution < 1.29 is 4.74 Å². The summed E-state index contributed by atoms with van der Waals surface area (Å²) in [6, 6.07) is 1.28. The van der Waals surface area contributed by atoms with Crippen molar-refractivity contribution in [2.45, 2.75) is 32.9 Å². The summed E-state index contributed by atoms with van der Waals surface area (Å²) in [7, 11) is 3.73. The highest BCUT2D eigenvalue weighted by molar-refractivity contribution is 5.39. The Hall–Kier alpha value is -1.63. The number of methoxy groups -OCH3 is 1. The van der Waals surface area contributed by atoms with Gasteiger partial charge in [-0.25, -0.2) is 0 Å². The van der Waals surface area contributed by atoms with Gasteiger partial charge in [-0.1, -0.05) is 0 Å². The molecule has 7 nitrogen and oxygen atoms in total. The highest BCUT2D eigenvalue weighted by Gasteiger charge is 2.28. The predicted octanol–water partition coefficient (Wildman–Crippen LogP) is 0.841. The lowest BCUT2D eigenvalue weighted by Crippen LogP contribution is -2.55. The molecule has 0 amide bonds. The largest absolute Gasteiger partial charge is 0.467 e. The van der Waals surface area contributed by atoms with E-state index in [4.69, 9.17) is 4.74 Å². The molecule has 1 aromatic heterocycles. The summed E-state index contributed by atoms with van der Waals surface area (Å²) in [5.41, 5.74) is 0. The van der Waals surface area contributed by atoms with E-state index in [-0.39, 0.29) is 0 Å². The minimum Gasteiger partial charge on any atom is -0.467 e. The van der Waals surface area contributed by atoms with Crippen LogP contribution in [0.25, 0.3) is 0 Å². The second-order valence-electron chi connectivity index (χ2n) is 5.24. The number of anilines is 2. The van der Waals surface area contributed by atoms with Gasteiger partial charge in [0.25, 0.3) is 0 Å². The molecule has 0 bridgehead atoms. The van der Waals surface area contributed by atoms with E-state index >= 15 is 0 Å². The van der Waals surface area contributed by atoms with Crippen LogP contribution >= 0.6 is 0 Å². The number of aromatic nitrogens is 3. The molecule has 2 heterocycles. The van der Waals surface area contributed by atoms with Gasteiger partial charge in [0, 0.05) is 31.7 Å². The van der Waals surface area contributed by atoms with Gasteiger partial charge in [0.1, 0.15) is 0 Å². The molecule has 0 aromatic carbocycles. The lowest BCUT2D eigenvalue weighted by atomic mass is 10.1. The maximum absolute atomic E-state index is 5.17. The molecule has 2 unspecified atom stereocenters. The van der Waals surface area contributed by atoms with Crippen molar-refractivity contribution in [3.63, 3.8) is 0 Å². The van der Waals surface area contributed by atoms with E-state index in [1.165, 1.54) is 0 Å². The first-order valence-corrected chi connectivity index (χ1v) is 7.06. The quantitative estimate of drug-likeness (QED) is 0.876. The molecular weight excluding hydrogens is 256 g/mol. The van der Waals surface area contributed by atoms with Crippen molar-refractivity contribution >= 4 is 11.9 Å². The van der Waals surface area contributed by atoms with Crippen LogP contribution in [0.1, 0.15) is 20.8 Å². The van der Waals surface area contributed by atoms with E-state index in [2.05, 4.69) is 51.0 Å². The minimum atomic E-state index is 0.352. The van der Waals surface area contributed by atoms with Gasteiger partial charge < -0.3 is 15.0 Å². The molecule has 0 radical (unpaired) electrons. The van der Waals surface area contributed by atoms with E-state index < -0.39 is 0 Å². The smallest absolute Gasteiger partial charge is 0.322 e. The van der Waals surface area contributed by atoms with Gasteiger partial charge in [0.15, 0.2) is 0 Å². The molecule has 0 spiro atoms. The number of hydrogen-bond donors (Lipinski definition) is 1. The summed E-state index contributed by atoms with van der Waals surface area (Å²) < 4.78 is 5.17. The van der Waals surface area contributed by atoms with Crippen LogP contribution in [0.2, 0.25) is 0 Å². The number of rotatable bonds is 4. The van der Waals surface area contributed by atoms with Crippen LogP contribution < -0.4 is 15.0 Å². The van der Waals surface area contributed by atoms with Crippen molar-refractivity contribution in [3.05, 3.63) is 0 Å². The molecule has 2 atom stereocenters. The molecule has 2 rings (SSSR count). The van der Waals surface area contributed by atoms with Gasteiger partial charge in [-0.2, -0.15) is 15.0 Å². The van der Waals surface area contributed by atoms with E-state index in [0.29, 0.717) is 30.0 Å². The van der Waals surface area contributed by atoms with Crippen LogP contribution in [0.15, 0.2) is 0 Å². The fraction of sp³-hybridized carbons (Fsp3) is 0.769. The molecule has 1 aliphatic heterocycles. The zero-order chi connectivity index (χ0) is 14.7. The highest BCUT2D eigenvalue weighted by Crippen LogP contribution is 2.20.